The molecule has 1 saturated carbocycles. The smallest absolute Gasteiger partial charge is 0.315 e. The van der Waals surface area contributed by atoms with Gasteiger partial charge in [-0.15, -0.1) is 0 Å². The van der Waals surface area contributed by atoms with E-state index in [1.165, 1.54) is 15.4 Å². The second-order valence-corrected chi connectivity index (χ2v) is 9.48. The van der Waals surface area contributed by atoms with Crippen molar-refractivity contribution >= 4 is 5.97 Å². The Morgan fingerprint density at radius 2 is 1.96 bits per heavy atom. The van der Waals surface area contributed by atoms with Gasteiger partial charge in [0.05, 0.1) is 19.3 Å². The van der Waals surface area contributed by atoms with Crippen LogP contribution in [0.5, 0.6) is 0 Å². The molecule has 0 aromatic heterocycles. The van der Waals surface area contributed by atoms with E-state index in [4.69, 9.17) is 9.84 Å². The Labute approximate surface area is 162 Å². The van der Waals surface area contributed by atoms with E-state index in [1.54, 1.807) is 0 Å². The third-order valence-corrected chi connectivity index (χ3v) is 8.21. The van der Waals surface area contributed by atoms with Gasteiger partial charge in [0.1, 0.15) is 44.7 Å². The van der Waals surface area contributed by atoms with Crippen LogP contribution in [-0.2, 0) is 9.53 Å². The first kappa shape index (κ1) is 19.4. The number of aliphatic hydroxyl groups excluding tert-OH is 2. The van der Waals surface area contributed by atoms with Gasteiger partial charge in [0.25, 0.3) is 0 Å². The molecule has 0 bridgehead atoms. The van der Waals surface area contributed by atoms with E-state index < -0.39 is 6.10 Å². The fraction of sp³-hybridized carbons (Fsp3) is 0.857. The van der Waals surface area contributed by atoms with Gasteiger partial charge < -0.3 is 24.7 Å². The van der Waals surface area contributed by atoms with E-state index >= 15 is 0 Å². The summed E-state index contributed by atoms with van der Waals surface area (Å²) in [7, 11) is 0. The molecule has 0 aromatic carbocycles. The van der Waals surface area contributed by atoms with Crippen LogP contribution in [0.2, 0.25) is 0 Å². The topological polar surface area (TPSA) is 75.6 Å². The van der Waals surface area contributed by atoms with Crippen molar-refractivity contribution in [2.45, 2.75) is 45.3 Å². The van der Waals surface area contributed by atoms with Crippen LogP contribution in [0.1, 0.15) is 33.1 Å². The Morgan fingerprint density at radius 3 is 2.67 bits per heavy atom. The molecule has 27 heavy (non-hydrogen) atoms. The Hall–Kier alpha value is -0.950. The molecular formula is C21H36N2O4+2. The molecular weight excluding hydrogens is 344 g/mol. The van der Waals surface area contributed by atoms with E-state index in [0.717, 1.165) is 58.5 Å². The third-order valence-electron chi connectivity index (χ3n) is 8.21. The summed E-state index contributed by atoms with van der Waals surface area (Å²) in [5.74, 6) is 0.0716. The molecule has 2 aliphatic carbocycles. The summed E-state index contributed by atoms with van der Waals surface area (Å²) < 4.78 is 5.79. The van der Waals surface area contributed by atoms with Crippen LogP contribution in [0, 0.1) is 23.2 Å². The predicted octanol–water partition coefficient (Wildman–Crippen LogP) is -1.95. The highest BCUT2D eigenvalue weighted by molar-refractivity contribution is 5.76. The lowest BCUT2D eigenvalue weighted by molar-refractivity contribution is -1.01. The molecule has 2 saturated heterocycles. The summed E-state index contributed by atoms with van der Waals surface area (Å²) in [6, 6.07) is 0. The molecule has 4 rings (SSSR count). The second kappa shape index (κ2) is 7.47. The lowest BCUT2D eigenvalue weighted by Gasteiger charge is -2.51. The van der Waals surface area contributed by atoms with Gasteiger partial charge in [-0.3, -0.25) is 4.79 Å². The lowest BCUT2D eigenvalue weighted by atomic mass is 9.55. The van der Waals surface area contributed by atoms with Crippen LogP contribution < -0.4 is 9.80 Å². The van der Waals surface area contributed by atoms with Gasteiger partial charge in [-0.25, -0.2) is 0 Å². The highest BCUT2D eigenvalue weighted by Gasteiger charge is 2.60. The van der Waals surface area contributed by atoms with Crippen molar-refractivity contribution in [2.24, 2.45) is 23.2 Å². The van der Waals surface area contributed by atoms with E-state index in [1.807, 2.05) is 0 Å². The van der Waals surface area contributed by atoms with Crippen molar-refractivity contribution < 1.29 is 29.5 Å². The molecule has 2 heterocycles. The van der Waals surface area contributed by atoms with Crippen molar-refractivity contribution in [3.05, 3.63) is 11.6 Å². The van der Waals surface area contributed by atoms with Gasteiger partial charge in [0, 0.05) is 17.8 Å². The normalized spacial score (nSPS) is 47.0. The quantitative estimate of drug-likeness (QED) is 0.338. The van der Waals surface area contributed by atoms with Crippen LogP contribution in [-0.4, -0.2) is 74.3 Å². The first-order chi connectivity index (χ1) is 12.9. The molecule has 0 amide bonds. The molecule has 4 aliphatic rings. The zero-order chi connectivity index (χ0) is 19.2. The molecule has 0 unspecified atom stereocenters. The zero-order valence-corrected chi connectivity index (χ0v) is 16.7. The Balaban J connectivity index is 1.48. The van der Waals surface area contributed by atoms with Gasteiger partial charge in [-0.1, -0.05) is 25.5 Å². The first-order valence-corrected chi connectivity index (χ1v) is 10.8. The number of carbonyl (C=O) groups is 1. The summed E-state index contributed by atoms with van der Waals surface area (Å²) in [4.78, 5) is 15.6. The number of rotatable bonds is 4. The van der Waals surface area contributed by atoms with Crippen molar-refractivity contribution in [3.8, 4) is 0 Å². The average molecular weight is 381 g/mol. The van der Waals surface area contributed by atoms with E-state index in [9.17, 15) is 9.90 Å². The number of esters is 1. The molecule has 3 fully saturated rings. The average Bonchev–Trinajstić information content (AvgIpc) is 2.95. The third kappa shape index (κ3) is 3.24. The molecule has 0 aromatic rings. The number of hydrogen-bond donors (Lipinski definition) is 4. The Kier molecular flexibility index (Phi) is 5.36. The van der Waals surface area contributed by atoms with Gasteiger partial charge >= 0.3 is 5.97 Å². The number of quaternary nitrogens is 2. The van der Waals surface area contributed by atoms with E-state index in [2.05, 4.69) is 19.9 Å². The predicted molar refractivity (Wildman–Crippen MR) is 100 cm³/mol. The minimum Gasteiger partial charge on any atom is -0.461 e. The summed E-state index contributed by atoms with van der Waals surface area (Å²) >= 11 is 0. The molecule has 6 heteroatoms. The van der Waals surface area contributed by atoms with Crippen LogP contribution in [0.3, 0.4) is 0 Å². The standard InChI is InChI=1S/C21H34N2O4/c1-14-4-3-5-15-12-17-18(19(25)21(14,15)2)16(20(26)27-17)13-23-8-6-22(7-9-23)10-11-24/h5,14,16-19,24-25H,3-4,6-13H2,1-2H3/p+2/t14-,16+,17+,18+,19-,21+/m0/s1. The summed E-state index contributed by atoms with van der Waals surface area (Å²) in [5, 5.41) is 20.5. The summed E-state index contributed by atoms with van der Waals surface area (Å²) in [6.07, 6.45) is 4.61. The van der Waals surface area contributed by atoms with Gasteiger partial charge in [-0.05, 0) is 18.8 Å². The Morgan fingerprint density at radius 1 is 1.26 bits per heavy atom. The molecule has 152 valence electrons. The number of fused-ring (bicyclic) bond motifs is 2. The van der Waals surface area contributed by atoms with Crippen LogP contribution in [0.4, 0.5) is 0 Å². The molecule has 6 atom stereocenters. The monoisotopic (exact) mass is 380 g/mol. The number of allylic oxidation sites excluding steroid dienone is 1. The van der Waals surface area contributed by atoms with E-state index in [-0.39, 0.29) is 35.9 Å². The largest absolute Gasteiger partial charge is 0.461 e. The SMILES string of the molecule is C[C@H]1CCC=C2C[C@H]3OC(=O)[C@H](C[NH+]4CC[NH+](CCO)CC4)[C@H]3[C@H](O)[C@@]21C. The second-order valence-electron chi connectivity index (χ2n) is 9.48. The number of piperazine rings is 1. The fourth-order valence-corrected chi connectivity index (χ4v) is 6.18. The maximum Gasteiger partial charge on any atom is 0.315 e. The van der Waals surface area contributed by atoms with Crippen molar-refractivity contribution in [1.29, 1.82) is 0 Å². The van der Waals surface area contributed by atoms with Crippen molar-refractivity contribution in [2.75, 3.05) is 45.9 Å². The van der Waals surface area contributed by atoms with Gasteiger partial charge in [-0.2, -0.15) is 0 Å². The minimum absolute atomic E-state index is 0.0736. The molecule has 0 radical (unpaired) electrons. The zero-order valence-electron chi connectivity index (χ0n) is 16.7. The maximum absolute atomic E-state index is 12.7. The van der Waals surface area contributed by atoms with Crippen LogP contribution >= 0.6 is 0 Å². The summed E-state index contributed by atoms with van der Waals surface area (Å²) in [5.41, 5.74) is 1.09. The van der Waals surface area contributed by atoms with E-state index in [0.29, 0.717) is 5.92 Å². The number of hydrogen-bond acceptors (Lipinski definition) is 4. The number of carbonyl (C=O) groups excluding carboxylic acids is 1. The summed E-state index contributed by atoms with van der Waals surface area (Å²) in [6.45, 7) is 10.4. The Bertz CT molecular complexity index is 601. The number of ether oxygens (including phenoxy) is 1. The molecule has 0 spiro atoms. The van der Waals surface area contributed by atoms with Crippen LogP contribution in [0.15, 0.2) is 11.6 Å². The highest BCUT2D eigenvalue weighted by Crippen LogP contribution is 2.55. The van der Waals surface area contributed by atoms with Crippen molar-refractivity contribution in [3.63, 3.8) is 0 Å². The first-order valence-electron chi connectivity index (χ1n) is 10.8. The number of nitrogens with one attached hydrogen (secondary N) is 2. The number of aliphatic hydroxyl groups is 2. The van der Waals surface area contributed by atoms with Crippen molar-refractivity contribution in [1.82, 2.24) is 0 Å². The molecule has 4 N–H and O–H groups in total. The lowest BCUT2D eigenvalue weighted by Crippen LogP contribution is -3.28. The minimum atomic E-state index is -0.505. The fourth-order valence-electron chi connectivity index (χ4n) is 6.18. The van der Waals surface area contributed by atoms with Crippen LogP contribution in [0.25, 0.3) is 0 Å². The molecule has 6 nitrogen and oxygen atoms in total. The van der Waals surface area contributed by atoms with Gasteiger partial charge in [0.2, 0.25) is 0 Å². The van der Waals surface area contributed by atoms with Gasteiger partial charge in [0.15, 0.2) is 0 Å². The highest BCUT2D eigenvalue weighted by atomic mass is 16.6. The molecule has 2 aliphatic heterocycles. The maximum atomic E-state index is 12.7.